The number of hydrogen-bond acceptors (Lipinski definition) is 4. The largest absolute Gasteiger partial charge is 0.324 e. The van der Waals surface area contributed by atoms with E-state index in [0.717, 1.165) is 11.1 Å². The molecule has 0 saturated carbocycles. The maximum Gasteiger partial charge on any atom is 0.274 e. The molecule has 6 nitrogen and oxygen atoms in total. The molecule has 0 heterocycles. The molecule has 0 aromatic heterocycles. The Balaban J connectivity index is 1.73. The van der Waals surface area contributed by atoms with Gasteiger partial charge in [0.25, 0.3) is 5.69 Å². The van der Waals surface area contributed by atoms with E-state index in [-0.39, 0.29) is 24.2 Å². The van der Waals surface area contributed by atoms with Crippen LogP contribution in [0.5, 0.6) is 0 Å². The molecule has 1 amide bonds. The van der Waals surface area contributed by atoms with Crippen molar-refractivity contribution in [2.45, 2.75) is 13.0 Å². The summed E-state index contributed by atoms with van der Waals surface area (Å²) in [7, 11) is 0. The zero-order valence-corrected chi connectivity index (χ0v) is 15.5. The van der Waals surface area contributed by atoms with Crippen molar-refractivity contribution in [2.75, 3.05) is 11.9 Å². The Morgan fingerprint density at radius 2 is 1.50 bits per heavy atom. The third-order valence-corrected chi connectivity index (χ3v) is 4.51. The maximum atomic E-state index is 12.5. The molecule has 3 aromatic carbocycles. The highest BCUT2D eigenvalue weighted by Crippen LogP contribution is 2.25. The van der Waals surface area contributed by atoms with Crippen molar-refractivity contribution in [3.05, 3.63) is 106 Å². The molecule has 0 radical (unpaired) electrons. The highest BCUT2D eigenvalue weighted by molar-refractivity contribution is 5.93. The van der Waals surface area contributed by atoms with Crippen molar-refractivity contribution >= 4 is 17.3 Å². The number of nitrogens with one attached hydrogen (secondary N) is 2. The first kappa shape index (κ1) is 19.3. The van der Waals surface area contributed by atoms with E-state index >= 15 is 0 Å². The summed E-state index contributed by atoms with van der Waals surface area (Å²) in [5.41, 5.74) is 2.96. The van der Waals surface area contributed by atoms with Crippen molar-refractivity contribution in [1.82, 2.24) is 5.32 Å². The van der Waals surface area contributed by atoms with Crippen LogP contribution in [0, 0.1) is 17.0 Å². The summed E-state index contributed by atoms with van der Waals surface area (Å²) in [6.07, 6.45) is 0. The van der Waals surface area contributed by atoms with E-state index in [1.54, 1.807) is 19.1 Å². The smallest absolute Gasteiger partial charge is 0.274 e. The highest BCUT2D eigenvalue weighted by Gasteiger charge is 2.17. The lowest BCUT2D eigenvalue weighted by molar-refractivity contribution is -0.385. The lowest BCUT2D eigenvalue weighted by Crippen LogP contribution is -2.32. The number of anilines is 1. The van der Waals surface area contributed by atoms with E-state index in [2.05, 4.69) is 10.6 Å². The second kappa shape index (κ2) is 8.92. The van der Waals surface area contributed by atoms with Gasteiger partial charge in [-0.15, -0.1) is 0 Å². The maximum absolute atomic E-state index is 12.5. The van der Waals surface area contributed by atoms with Gasteiger partial charge in [-0.05, 0) is 24.1 Å². The van der Waals surface area contributed by atoms with Gasteiger partial charge in [-0.1, -0.05) is 66.7 Å². The molecular formula is C22H21N3O3. The highest BCUT2D eigenvalue weighted by atomic mass is 16.6. The number of hydrogen-bond donors (Lipinski definition) is 2. The van der Waals surface area contributed by atoms with Crippen LogP contribution >= 0.6 is 0 Å². The first-order valence-corrected chi connectivity index (χ1v) is 8.93. The number of carbonyl (C=O) groups excluding carboxylic acids is 1. The van der Waals surface area contributed by atoms with Gasteiger partial charge in [0.05, 0.1) is 28.8 Å². The van der Waals surface area contributed by atoms with E-state index < -0.39 is 4.92 Å². The summed E-state index contributed by atoms with van der Waals surface area (Å²) in [4.78, 5) is 23.1. The second-order valence-corrected chi connectivity index (χ2v) is 6.39. The van der Waals surface area contributed by atoms with E-state index in [0.29, 0.717) is 11.3 Å². The average Bonchev–Trinajstić information content (AvgIpc) is 2.71. The zero-order valence-electron chi connectivity index (χ0n) is 15.5. The Hall–Kier alpha value is -3.51. The van der Waals surface area contributed by atoms with Crippen LogP contribution in [-0.2, 0) is 4.79 Å². The molecule has 0 aliphatic carbocycles. The summed E-state index contributed by atoms with van der Waals surface area (Å²) in [6.45, 7) is 1.69. The molecule has 142 valence electrons. The third kappa shape index (κ3) is 4.61. The van der Waals surface area contributed by atoms with Gasteiger partial charge in [-0.2, -0.15) is 0 Å². The van der Waals surface area contributed by atoms with Crippen LogP contribution < -0.4 is 10.6 Å². The fraction of sp³-hybridized carbons (Fsp3) is 0.136. The molecule has 0 aliphatic rings. The second-order valence-electron chi connectivity index (χ2n) is 6.39. The molecule has 0 saturated heterocycles. The molecule has 0 spiro atoms. The SMILES string of the molecule is Cc1c(NC(=O)CNC(c2ccccc2)c2ccccc2)cccc1[N+](=O)[O-]. The van der Waals surface area contributed by atoms with Crippen LogP contribution in [0.3, 0.4) is 0 Å². The average molecular weight is 375 g/mol. The van der Waals surface area contributed by atoms with Gasteiger partial charge in [-0.3, -0.25) is 20.2 Å². The van der Waals surface area contributed by atoms with Crippen LogP contribution in [0.4, 0.5) is 11.4 Å². The van der Waals surface area contributed by atoms with Gasteiger partial charge in [-0.25, -0.2) is 0 Å². The van der Waals surface area contributed by atoms with Crippen molar-refractivity contribution < 1.29 is 9.72 Å². The fourth-order valence-electron chi connectivity index (χ4n) is 3.06. The van der Waals surface area contributed by atoms with Gasteiger partial charge in [0.1, 0.15) is 0 Å². The number of nitrogens with zero attached hydrogens (tertiary/aromatic N) is 1. The zero-order chi connectivity index (χ0) is 19.9. The van der Waals surface area contributed by atoms with Crippen molar-refractivity contribution in [3.8, 4) is 0 Å². The normalized spacial score (nSPS) is 10.6. The predicted octanol–water partition coefficient (Wildman–Crippen LogP) is 4.22. The summed E-state index contributed by atoms with van der Waals surface area (Å²) in [6, 6.07) is 24.3. The molecular weight excluding hydrogens is 354 g/mol. The van der Waals surface area contributed by atoms with Crippen LogP contribution in [0.15, 0.2) is 78.9 Å². The van der Waals surface area contributed by atoms with Gasteiger partial charge in [0.15, 0.2) is 0 Å². The summed E-state index contributed by atoms with van der Waals surface area (Å²) < 4.78 is 0. The summed E-state index contributed by atoms with van der Waals surface area (Å²) in [5.74, 6) is -0.263. The van der Waals surface area contributed by atoms with E-state index in [1.165, 1.54) is 6.07 Å². The molecule has 2 N–H and O–H groups in total. The Labute approximate surface area is 163 Å². The van der Waals surface area contributed by atoms with E-state index in [1.807, 2.05) is 60.7 Å². The molecule has 3 rings (SSSR count). The topological polar surface area (TPSA) is 84.3 Å². The first-order valence-electron chi connectivity index (χ1n) is 8.93. The molecule has 3 aromatic rings. The van der Waals surface area contributed by atoms with Crippen molar-refractivity contribution in [2.24, 2.45) is 0 Å². The monoisotopic (exact) mass is 375 g/mol. The van der Waals surface area contributed by atoms with Crippen LogP contribution in [-0.4, -0.2) is 17.4 Å². The van der Waals surface area contributed by atoms with E-state index in [4.69, 9.17) is 0 Å². The summed E-state index contributed by atoms with van der Waals surface area (Å²) >= 11 is 0. The molecule has 0 aliphatic heterocycles. The lowest BCUT2D eigenvalue weighted by atomic mass is 9.99. The minimum Gasteiger partial charge on any atom is -0.324 e. The minimum atomic E-state index is -0.454. The van der Waals surface area contributed by atoms with Crippen molar-refractivity contribution in [1.29, 1.82) is 0 Å². The van der Waals surface area contributed by atoms with Crippen LogP contribution in [0.25, 0.3) is 0 Å². The molecule has 0 unspecified atom stereocenters. The Bertz CT molecular complexity index is 920. The lowest BCUT2D eigenvalue weighted by Gasteiger charge is -2.20. The number of nitro groups is 1. The summed E-state index contributed by atoms with van der Waals surface area (Å²) in [5, 5.41) is 17.1. The molecule has 0 bridgehead atoms. The van der Waals surface area contributed by atoms with Crippen molar-refractivity contribution in [3.63, 3.8) is 0 Å². The number of carbonyl (C=O) groups is 1. The quantitative estimate of drug-likeness (QED) is 0.478. The Morgan fingerprint density at radius 1 is 0.929 bits per heavy atom. The number of rotatable bonds is 7. The van der Waals surface area contributed by atoms with Crippen LogP contribution in [0.2, 0.25) is 0 Å². The fourth-order valence-corrected chi connectivity index (χ4v) is 3.06. The van der Waals surface area contributed by atoms with Gasteiger partial charge in [0, 0.05) is 6.07 Å². The number of amides is 1. The standard InChI is InChI=1S/C22H21N3O3/c1-16-19(13-8-14-20(16)25(27)28)24-21(26)15-23-22(17-9-4-2-5-10-17)18-11-6-3-7-12-18/h2-14,22-23H,15H2,1H3,(H,24,26). The number of benzene rings is 3. The molecule has 6 heteroatoms. The van der Waals surface area contributed by atoms with Crippen LogP contribution in [0.1, 0.15) is 22.7 Å². The minimum absolute atomic E-state index is 0.0165. The molecule has 28 heavy (non-hydrogen) atoms. The predicted molar refractivity (Wildman–Crippen MR) is 109 cm³/mol. The Kier molecular flexibility index (Phi) is 6.14. The van der Waals surface area contributed by atoms with Gasteiger partial charge >= 0.3 is 0 Å². The van der Waals surface area contributed by atoms with Gasteiger partial charge in [0.2, 0.25) is 5.91 Å². The first-order chi connectivity index (χ1) is 13.6. The molecule has 0 fully saturated rings. The Morgan fingerprint density at radius 3 is 2.04 bits per heavy atom. The third-order valence-electron chi connectivity index (χ3n) is 4.51. The van der Waals surface area contributed by atoms with E-state index in [9.17, 15) is 14.9 Å². The molecule has 0 atom stereocenters. The van der Waals surface area contributed by atoms with Gasteiger partial charge < -0.3 is 5.32 Å². The number of nitro benzene ring substituents is 1.